The lowest BCUT2D eigenvalue weighted by atomic mass is 10.2. The molecule has 0 amide bonds. The number of ether oxygens (including phenoxy) is 1. The summed E-state index contributed by atoms with van der Waals surface area (Å²) >= 11 is 0. The summed E-state index contributed by atoms with van der Waals surface area (Å²) in [4.78, 5) is 15.0. The number of nitrogens with zero attached hydrogens (tertiary/aromatic N) is 1. The van der Waals surface area contributed by atoms with Crippen molar-refractivity contribution in [1.29, 1.82) is 0 Å². The molecule has 0 spiro atoms. The Balaban J connectivity index is 2.24. The number of rotatable bonds is 3. The van der Waals surface area contributed by atoms with Gasteiger partial charge in [-0.1, -0.05) is 0 Å². The summed E-state index contributed by atoms with van der Waals surface area (Å²) in [5.74, 6) is -0.533. The highest BCUT2D eigenvalue weighted by atomic mass is 16.5. The molecule has 1 heterocycles. The fraction of sp³-hybridized carbons (Fsp3) is 0.385. The van der Waals surface area contributed by atoms with Gasteiger partial charge in [0.2, 0.25) is 5.89 Å². The summed E-state index contributed by atoms with van der Waals surface area (Å²) in [7, 11) is 0. The molecule has 0 saturated heterocycles. The van der Waals surface area contributed by atoms with Crippen molar-refractivity contribution in [2.45, 2.75) is 33.0 Å². The van der Waals surface area contributed by atoms with Crippen LogP contribution in [0.2, 0.25) is 0 Å². The minimum atomic E-state index is -0.979. The van der Waals surface area contributed by atoms with Crippen molar-refractivity contribution < 1.29 is 19.1 Å². The fourth-order valence-electron chi connectivity index (χ4n) is 1.45. The van der Waals surface area contributed by atoms with Crippen LogP contribution in [-0.4, -0.2) is 21.7 Å². The molecule has 1 aromatic carbocycles. The molecule has 0 fully saturated rings. The number of hydrogen-bond donors (Lipinski definition) is 1. The van der Waals surface area contributed by atoms with E-state index in [0.717, 1.165) is 0 Å². The molecular weight excluding hydrogens is 234 g/mol. The van der Waals surface area contributed by atoms with E-state index in [4.69, 9.17) is 14.3 Å². The van der Waals surface area contributed by atoms with Crippen molar-refractivity contribution in [3.63, 3.8) is 0 Å². The van der Waals surface area contributed by atoms with Crippen molar-refractivity contribution >= 4 is 17.1 Å². The van der Waals surface area contributed by atoms with Crippen LogP contribution in [0.25, 0.3) is 11.1 Å². The van der Waals surface area contributed by atoms with Crippen molar-refractivity contribution in [2.75, 3.05) is 0 Å². The maximum atomic E-state index is 10.8. The van der Waals surface area contributed by atoms with Gasteiger partial charge in [0.1, 0.15) is 12.1 Å². The van der Waals surface area contributed by atoms with E-state index in [2.05, 4.69) is 4.98 Å². The maximum Gasteiger partial charge on any atom is 0.335 e. The Morgan fingerprint density at radius 1 is 1.44 bits per heavy atom. The molecule has 18 heavy (non-hydrogen) atoms. The summed E-state index contributed by atoms with van der Waals surface area (Å²) in [6, 6.07) is 4.58. The van der Waals surface area contributed by atoms with Crippen molar-refractivity contribution in [1.82, 2.24) is 4.98 Å². The third-order valence-corrected chi connectivity index (χ3v) is 2.31. The number of carboxylic acid groups (broad SMARTS) is 1. The first-order chi connectivity index (χ1) is 8.35. The fourth-order valence-corrected chi connectivity index (χ4v) is 1.45. The number of fused-ring (bicyclic) bond motifs is 1. The quantitative estimate of drug-likeness (QED) is 0.905. The Hall–Kier alpha value is -1.88. The van der Waals surface area contributed by atoms with Crippen LogP contribution in [0.15, 0.2) is 22.6 Å². The van der Waals surface area contributed by atoms with Gasteiger partial charge in [-0.15, -0.1) is 0 Å². The number of benzene rings is 1. The van der Waals surface area contributed by atoms with E-state index in [-0.39, 0.29) is 17.8 Å². The minimum Gasteiger partial charge on any atom is -0.478 e. The molecule has 0 aliphatic heterocycles. The minimum absolute atomic E-state index is 0.194. The predicted octanol–water partition coefficient (Wildman–Crippen LogP) is 2.84. The Morgan fingerprint density at radius 3 is 2.78 bits per heavy atom. The van der Waals surface area contributed by atoms with E-state index in [1.54, 1.807) is 6.07 Å². The zero-order valence-electron chi connectivity index (χ0n) is 10.6. The first kappa shape index (κ1) is 12.6. The summed E-state index contributed by atoms with van der Waals surface area (Å²) < 4.78 is 11.0. The standard InChI is InChI=1S/C13H15NO4/c1-13(2,3)17-7-11-14-9-6-8(12(15)16)4-5-10(9)18-11/h4-6H,7H2,1-3H3,(H,15,16). The molecule has 0 aliphatic rings. The van der Waals surface area contributed by atoms with Crippen molar-refractivity contribution in [2.24, 2.45) is 0 Å². The van der Waals surface area contributed by atoms with Crippen LogP contribution in [0.4, 0.5) is 0 Å². The molecule has 0 aliphatic carbocycles. The summed E-state index contributed by atoms with van der Waals surface area (Å²) in [5, 5.41) is 8.88. The number of oxazole rings is 1. The van der Waals surface area contributed by atoms with E-state index in [0.29, 0.717) is 17.0 Å². The topological polar surface area (TPSA) is 72.6 Å². The van der Waals surface area contributed by atoms with E-state index in [9.17, 15) is 4.79 Å². The number of hydrogen-bond acceptors (Lipinski definition) is 4. The average Bonchev–Trinajstić information content (AvgIpc) is 2.66. The summed E-state index contributed by atoms with van der Waals surface area (Å²) in [5.41, 5.74) is 1.02. The van der Waals surface area contributed by atoms with Gasteiger partial charge in [-0.05, 0) is 39.0 Å². The van der Waals surface area contributed by atoms with E-state index in [1.807, 2.05) is 20.8 Å². The third kappa shape index (κ3) is 2.87. The van der Waals surface area contributed by atoms with Crippen LogP contribution in [0, 0.1) is 0 Å². The van der Waals surface area contributed by atoms with E-state index in [1.165, 1.54) is 12.1 Å². The molecule has 1 aromatic heterocycles. The number of carbonyl (C=O) groups is 1. The third-order valence-electron chi connectivity index (χ3n) is 2.31. The monoisotopic (exact) mass is 249 g/mol. The second-order valence-corrected chi connectivity index (χ2v) is 5.00. The van der Waals surface area contributed by atoms with Gasteiger partial charge in [0.25, 0.3) is 0 Å². The number of carboxylic acids is 1. The van der Waals surface area contributed by atoms with E-state index >= 15 is 0 Å². The predicted molar refractivity (Wildman–Crippen MR) is 65.5 cm³/mol. The molecule has 0 bridgehead atoms. The maximum absolute atomic E-state index is 10.8. The molecule has 5 nitrogen and oxygen atoms in total. The van der Waals surface area contributed by atoms with Gasteiger partial charge in [-0.2, -0.15) is 0 Å². The molecule has 2 aromatic rings. The zero-order valence-corrected chi connectivity index (χ0v) is 10.6. The van der Waals surface area contributed by atoms with Crippen molar-refractivity contribution in [3.05, 3.63) is 29.7 Å². The average molecular weight is 249 g/mol. The lowest BCUT2D eigenvalue weighted by molar-refractivity contribution is -0.0238. The Labute approximate surface area is 104 Å². The van der Waals surface area contributed by atoms with Gasteiger partial charge < -0.3 is 14.3 Å². The molecule has 0 unspecified atom stereocenters. The molecule has 96 valence electrons. The number of aromatic nitrogens is 1. The summed E-state index contributed by atoms with van der Waals surface area (Å²) in [6.45, 7) is 6.09. The summed E-state index contributed by atoms with van der Waals surface area (Å²) in [6.07, 6.45) is 0. The molecule has 0 atom stereocenters. The first-order valence-corrected chi connectivity index (χ1v) is 5.62. The molecule has 1 N–H and O–H groups in total. The van der Waals surface area contributed by atoms with Gasteiger partial charge >= 0.3 is 5.97 Å². The van der Waals surface area contributed by atoms with Crippen LogP contribution >= 0.6 is 0 Å². The number of aromatic carboxylic acids is 1. The van der Waals surface area contributed by atoms with Crippen molar-refractivity contribution in [3.8, 4) is 0 Å². The van der Waals surface area contributed by atoms with Gasteiger partial charge in [-0.25, -0.2) is 9.78 Å². The normalized spacial score (nSPS) is 11.9. The van der Waals surface area contributed by atoms with E-state index < -0.39 is 5.97 Å². The van der Waals surface area contributed by atoms with Gasteiger partial charge in [-0.3, -0.25) is 0 Å². The highest BCUT2D eigenvalue weighted by Gasteiger charge is 2.14. The second kappa shape index (κ2) is 4.42. The highest BCUT2D eigenvalue weighted by molar-refractivity contribution is 5.91. The van der Waals surface area contributed by atoms with Gasteiger partial charge in [0, 0.05) is 0 Å². The second-order valence-electron chi connectivity index (χ2n) is 5.00. The Bertz CT molecular complexity index is 580. The zero-order chi connectivity index (χ0) is 13.3. The van der Waals surface area contributed by atoms with Crippen LogP contribution < -0.4 is 0 Å². The smallest absolute Gasteiger partial charge is 0.335 e. The van der Waals surface area contributed by atoms with Crippen LogP contribution in [0.3, 0.4) is 0 Å². The molecule has 5 heteroatoms. The Kier molecular flexibility index (Phi) is 3.09. The lowest BCUT2D eigenvalue weighted by Gasteiger charge is -2.17. The Morgan fingerprint density at radius 2 is 2.17 bits per heavy atom. The molecule has 0 radical (unpaired) electrons. The van der Waals surface area contributed by atoms with Crippen LogP contribution in [-0.2, 0) is 11.3 Å². The van der Waals surface area contributed by atoms with Gasteiger partial charge in [0.05, 0.1) is 11.2 Å². The largest absolute Gasteiger partial charge is 0.478 e. The molecular formula is C13H15NO4. The SMILES string of the molecule is CC(C)(C)OCc1nc2cc(C(=O)O)ccc2o1. The van der Waals surface area contributed by atoms with Crippen LogP contribution in [0.5, 0.6) is 0 Å². The molecule has 0 saturated carbocycles. The lowest BCUT2D eigenvalue weighted by Crippen LogP contribution is -2.18. The molecule has 2 rings (SSSR count). The van der Waals surface area contributed by atoms with Gasteiger partial charge in [0.15, 0.2) is 5.58 Å². The first-order valence-electron chi connectivity index (χ1n) is 5.62. The van der Waals surface area contributed by atoms with Crippen LogP contribution in [0.1, 0.15) is 37.0 Å². The highest BCUT2D eigenvalue weighted by Crippen LogP contribution is 2.19.